The Morgan fingerprint density at radius 3 is 2.56 bits per heavy atom. The fraction of sp³-hybridized carbons (Fsp3) is 0.429. The van der Waals surface area contributed by atoms with Crippen molar-refractivity contribution >= 4 is 11.7 Å². The number of aromatic nitrogens is 1. The number of carbonyl (C=O) groups excluding carboxylic acids is 1. The molecule has 1 heterocycles. The Morgan fingerprint density at radius 2 is 1.93 bits per heavy atom. The van der Waals surface area contributed by atoms with Crippen molar-refractivity contribution in [1.29, 1.82) is 0 Å². The van der Waals surface area contributed by atoms with E-state index in [9.17, 15) is 4.79 Å². The highest BCUT2D eigenvalue weighted by Gasteiger charge is 2.09. The van der Waals surface area contributed by atoms with E-state index in [0.29, 0.717) is 30.0 Å². The summed E-state index contributed by atoms with van der Waals surface area (Å²) >= 11 is 0. The number of ether oxygens (including phenoxy) is 2. The van der Waals surface area contributed by atoms with E-state index in [4.69, 9.17) is 9.47 Å². The third-order valence-electron chi connectivity index (χ3n) is 4.40. The van der Waals surface area contributed by atoms with Crippen LogP contribution in [0.2, 0.25) is 0 Å². The maximum absolute atomic E-state index is 12.3. The van der Waals surface area contributed by atoms with Crippen molar-refractivity contribution in [2.75, 3.05) is 39.3 Å². The first-order valence-electron chi connectivity index (χ1n) is 9.25. The van der Waals surface area contributed by atoms with Crippen LogP contribution in [0.5, 0.6) is 11.5 Å². The fourth-order valence-electron chi connectivity index (χ4n) is 2.71. The number of carbonyl (C=O) groups is 1. The SMILES string of the molecule is CCCCN(C)c1ccc(C(=O)NCCc2ccc(OC)c(OC)c2)cn1. The monoisotopic (exact) mass is 371 g/mol. The molecule has 1 aromatic heterocycles. The number of rotatable bonds is 10. The number of nitrogens with zero attached hydrogens (tertiary/aromatic N) is 2. The van der Waals surface area contributed by atoms with E-state index in [0.717, 1.165) is 30.8 Å². The molecular weight excluding hydrogens is 342 g/mol. The summed E-state index contributed by atoms with van der Waals surface area (Å²) in [7, 11) is 5.24. The van der Waals surface area contributed by atoms with E-state index in [1.54, 1.807) is 20.4 Å². The summed E-state index contributed by atoms with van der Waals surface area (Å²) in [6.07, 6.45) is 4.60. The summed E-state index contributed by atoms with van der Waals surface area (Å²) in [6, 6.07) is 9.46. The molecule has 2 rings (SSSR count). The Morgan fingerprint density at radius 1 is 1.15 bits per heavy atom. The van der Waals surface area contributed by atoms with Gasteiger partial charge < -0.3 is 19.7 Å². The van der Waals surface area contributed by atoms with E-state index in [2.05, 4.69) is 22.1 Å². The van der Waals surface area contributed by atoms with Crippen LogP contribution in [0.1, 0.15) is 35.7 Å². The number of methoxy groups -OCH3 is 2. The van der Waals surface area contributed by atoms with Gasteiger partial charge in [0.1, 0.15) is 5.82 Å². The summed E-state index contributed by atoms with van der Waals surface area (Å²) in [5.41, 5.74) is 1.63. The molecule has 0 bridgehead atoms. The molecule has 0 unspecified atom stereocenters. The summed E-state index contributed by atoms with van der Waals surface area (Å²) in [6.45, 7) is 3.66. The third kappa shape index (κ3) is 5.88. The molecule has 0 atom stereocenters. The van der Waals surface area contributed by atoms with Gasteiger partial charge in [-0.25, -0.2) is 4.98 Å². The molecule has 27 heavy (non-hydrogen) atoms. The van der Waals surface area contributed by atoms with E-state index in [-0.39, 0.29) is 5.91 Å². The van der Waals surface area contributed by atoms with Gasteiger partial charge in [0.05, 0.1) is 19.8 Å². The topological polar surface area (TPSA) is 63.7 Å². The van der Waals surface area contributed by atoms with Crippen molar-refractivity contribution in [2.24, 2.45) is 0 Å². The highest BCUT2D eigenvalue weighted by Crippen LogP contribution is 2.27. The molecule has 0 fully saturated rings. The number of hydrogen-bond acceptors (Lipinski definition) is 5. The molecule has 0 aliphatic carbocycles. The van der Waals surface area contributed by atoms with Crippen LogP contribution in [0.25, 0.3) is 0 Å². The summed E-state index contributed by atoms with van der Waals surface area (Å²) in [4.78, 5) is 18.8. The summed E-state index contributed by atoms with van der Waals surface area (Å²) in [5.74, 6) is 2.14. The lowest BCUT2D eigenvalue weighted by molar-refractivity contribution is 0.0954. The number of benzene rings is 1. The second-order valence-electron chi connectivity index (χ2n) is 6.38. The van der Waals surface area contributed by atoms with E-state index < -0.39 is 0 Å². The van der Waals surface area contributed by atoms with Crippen molar-refractivity contribution in [2.45, 2.75) is 26.2 Å². The lowest BCUT2D eigenvalue weighted by Gasteiger charge is -2.17. The molecule has 1 aromatic carbocycles. The minimum absolute atomic E-state index is 0.120. The Hall–Kier alpha value is -2.76. The Balaban J connectivity index is 1.87. The molecule has 0 radical (unpaired) electrons. The molecular formula is C21H29N3O3. The molecule has 0 aliphatic rings. The van der Waals surface area contributed by atoms with Gasteiger partial charge >= 0.3 is 0 Å². The lowest BCUT2D eigenvalue weighted by Crippen LogP contribution is -2.26. The van der Waals surface area contributed by atoms with Gasteiger partial charge in [0.25, 0.3) is 5.91 Å². The maximum Gasteiger partial charge on any atom is 0.252 e. The Labute approximate surface area is 161 Å². The van der Waals surface area contributed by atoms with E-state index >= 15 is 0 Å². The molecule has 2 aromatic rings. The molecule has 146 valence electrons. The van der Waals surface area contributed by atoms with E-state index in [1.165, 1.54) is 0 Å². The standard InChI is InChI=1S/C21H29N3O3/c1-5-6-13-24(2)20-10-8-17(15-23-20)21(25)22-12-11-16-7-9-18(26-3)19(14-16)27-4/h7-10,14-15H,5-6,11-13H2,1-4H3,(H,22,25). The normalized spacial score (nSPS) is 10.4. The first-order valence-corrected chi connectivity index (χ1v) is 9.25. The Bertz CT molecular complexity index is 732. The van der Waals surface area contributed by atoms with Gasteiger partial charge in [-0.3, -0.25) is 4.79 Å². The number of hydrogen-bond donors (Lipinski definition) is 1. The molecule has 0 spiro atoms. The predicted molar refractivity (Wildman–Crippen MR) is 108 cm³/mol. The molecule has 0 aliphatic heterocycles. The largest absolute Gasteiger partial charge is 0.493 e. The van der Waals surface area contributed by atoms with Crippen molar-refractivity contribution in [1.82, 2.24) is 10.3 Å². The first-order chi connectivity index (χ1) is 13.1. The van der Waals surface area contributed by atoms with Crippen LogP contribution in [0.15, 0.2) is 36.5 Å². The van der Waals surface area contributed by atoms with Crippen LogP contribution in [0.3, 0.4) is 0 Å². The molecule has 6 heteroatoms. The van der Waals surface area contributed by atoms with Crippen LogP contribution in [0, 0.1) is 0 Å². The van der Waals surface area contributed by atoms with Gasteiger partial charge in [0, 0.05) is 26.3 Å². The zero-order valence-corrected chi connectivity index (χ0v) is 16.6. The van der Waals surface area contributed by atoms with Gasteiger partial charge in [0.15, 0.2) is 11.5 Å². The first kappa shape index (κ1) is 20.6. The minimum Gasteiger partial charge on any atom is -0.493 e. The smallest absolute Gasteiger partial charge is 0.252 e. The second kappa shape index (κ2) is 10.4. The highest BCUT2D eigenvalue weighted by molar-refractivity contribution is 5.94. The molecule has 6 nitrogen and oxygen atoms in total. The van der Waals surface area contributed by atoms with Crippen LogP contribution < -0.4 is 19.7 Å². The minimum atomic E-state index is -0.120. The lowest BCUT2D eigenvalue weighted by atomic mass is 10.1. The molecule has 1 N–H and O–H groups in total. The maximum atomic E-state index is 12.3. The quantitative estimate of drug-likeness (QED) is 0.694. The van der Waals surface area contributed by atoms with Gasteiger partial charge in [-0.1, -0.05) is 19.4 Å². The second-order valence-corrected chi connectivity index (χ2v) is 6.38. The van der Waals surface area contributed by atoms with Crippen molar-refractivity contribution in [3.8, 4) is 11.5 Å². The zero-order valence-electron chi connectivity index (χ0n) is 16.6. The summed E-state index contributed by atoms with van der Waals surface area (Å²) in [5, 5.41) is 2.93. The molecule has 0 saturated carbocycles. The predicted octanol–water partition coefficient (Wildman–Crippen LogP) is 3.31. The number of nitrogens with one attached hydrogen (secondary N) is 1. The number of unbranched alkanes of at least 4 members (excludes halogenated alkanes) is 1. The van der Waals surface area contributed by atoms with E-state index in [1.807, 2.05) is 37.4 Å². The number of pyridine rings is 1. The molecule has 0 saturated heterocycles. The van der Waals surface area contributed by atoms with Crippen LogP contribution in [-0.4, -0.2) is 45.2 Å². The molecule has 1 amide bonds. The van der Waals surface area contributed by atoms with Gasteiger partial charge in [-0.05, 0) is 42.7 Å². The number of anilines is 1. The number of amides is 1. The van der Waals surface area contributed by atoms with Crippen molar-refractivity contribution in [3.05, 3.63) is 47.7 Å². The van der Waals surface area contributed by atoms with Crippen molar-refractivity contribution < 1.29 is 14.3 Å². The summed E-state index contributed by atoms with van der Waals surface area (Å²) < 4.78 is 10.5. The van der Waals surface area contributed by atoms with Crippen molar-refractivity contribution in [3.63, 3.8) is 0 Å². The van der Waals surface area contributed by atoms with Crippen LogP contribution in [0.4, 0.5) is 5.82 Å². The van der Waals surface area contributed by atoms with Crippen LogP contribution in [-0.2, 0) is 6.42 Å². The van der Waals surface area contributed by atoms with Gasteiger partial charge in [-0.15, -0.1) is 0 Å². The highest BCUT2D eigenvalue weighted by atomic mass is 16.5. The fourth-order valence-corrected chi connectivity index (χ4v) is 2.71. The van der Waals surface area contributed by atoms with Crippen LogP contribution >= 0.6 is 0 Å². The third-order valence-corrected chi connectivity index (χ3v) is 4.40. The zero-order chi connectivity index (χ0) is 19.6. The average molecular weight is 371 g/mol. The Kier molecular flexibility index (Phi) is 7.92. The van der Waals surface area contributed by atoms with Gasteiger partial charge in [-0.2, -0.15) is 0 Å². The average Bonchev–Trinajstić information content (AvgIpc) is 2.71. The van der Waals surface area contributed by atoms with Gasteiger partial charge in [0.2, 0.25) is 0 Å².